The van der Waals surface area contributed by atoms with E-state index in [1.165, 1.54) is 24.3 Å². The summed E-state index contributed by atoms with van der Waals surface area (Å²) in [6.07, 6.45) is 0. The van der Waals surface area contributed by atoms with Crippen molar-refractivity contribution in [1.82, 2.24) is 5.32 Å². The van der Waals surface area contributed by atoms with E-state index in [0.29, 0.717) is 15.8 Å². The van der Waals surface area contributed by atoms with Crippen LogP contribution in [0.5, 0.6) is 5.75 Å². The number of amides is 2. The lowest BCUT2D eigenvalue weighted by atomic mass is 10.3. The van der Waals surface area contributed by atoms with Gasteiger partial charge in [-0.05, 0) is 30.3 Å². The maximum Gasteiger partial charge on any atom is 0.321 e. The second-order valence-electron chi connectivity index (χ2n) is 3.97. The van der Waals surface area contributed by atoms with E-state index in [1.807, 2.05) is 0 Å². The van der Waals surface area contributed by atoms with Crippen molar-refractivity contribution in [1.29, 1.82) is 0 Å². The first-order valence-corrected chi connectivity index (χ1v) is 6.69. The highest BCUT2D eigenvalue weighted by Gasteiger charge is 2.06. The summed E-state index contributed by atoms with van der Waals surface area (Å²) in [4.78, 5) is 11.6. The predicted octanol–water partition coefficient (Wildman–Crippen LogP) is 4.29. The molecule has 110 valence electrons. The molecule has 0 heterocycles. The second kappa shape index (κ2) is 7.15. The summed E-state index contributed by atoms with van der Waals surface area (Å²) < 4.78 is 18.6. The van der Waals surface area contributed by atoms with Crippen LogP contribution in [0.15, 0.2) is 42.5 Å². The lowest BCUT2D eigenvalue weighted by molar-refractivity contribution is 0.234. The van der Waals surface area contributed by atoms with Gasteiger partial charge in [-0.25, -0.2) is 9.18 Å². The van der Waals surface area contributed by atoms with Crippen molar-refractivity contribution in [2.75, 3.05) is 12.0 Å². The molecule has 4 nitrogen and oxygen atoms in total. The number of benzene rings is 2. The van der Waals surface area contributed by atoms with E-state index in [1.54, 1.807) is 18.2 Å². The molecule has 0 aliphatic rings. The van der Waals surface area contributed by atoms with Gasteiger partial charge in [0, 0.05) is 5.02 Å². The summed E-state index contributed by atoms with van der Waals surface area (Å²) in [5.74, 6) is -0.137. The molecule has 7 heteroatoms. The largest absolute Gasteiger partial charge is 0.472 e. The third-order valence-corrected chi connectivity index (χ3v) is 3.01. The van der Waals surface area contributed by atoms with Crippen LogP contribution >= 0.6 is 23.2 Å². The highest BCUT2D eigenvalue weighted by Crippen LogP contribution is 2.27. The van der Waals surface area contributed by atoms with Gasteiger partial charge in [-0.3, -0.25) is 0 Å². The van der Waals surface area contributed by atoms with E-state index in [2.05, 4.69) is 10.6 Å². The highest BCUT2D eigenvalue weighted by atomic mass is 35.5. The summed E-state index contributed by atoms with van der Waals surface area (Å²) in [7, 11) is 0. The average molecular weight is 329 g/mol. The topological polar surface area (TPSA) is 50.4 Å². The molecule has 2 aromatic carbocycles. The number of para-hydroxylation sites is 1. The Kier molecular flexibility index (Phi) is 5.25. The fourth-order valence-corrected chi connectivity index (χ4v) is 1.96. The number of hydrogen-bond donors (Lipinski definition) is 2. The number of carbonyl (C=O) groups excluding carboxylic acids is 1. The molecule has 2 rings (SSSR count). The molecule has 21 heavy (non-hydrogen) atoms. The van der Waals surface area contributed by atoms with Gasteiger partial charge >= 0.3 is 6.03 Å². The maximum absolute atomic E-state index is 13.3. The molecule has 2 amide bonds. The standard InChI is InChI=1S/C14H11Cl2FN2O2/c15-9-5-6-13(10(16)7-9)21-8-18-14(20)19-12-4-2-1-3-11(12)17/h1-7H,8H2,(H2,18,19,20). The van der Waals surface area contributed by atoms with Crippen molar-refractivity contribution >= 4 is 34.9 Å². The van der Waals surface area contributed by atoms with Gasteiger partial charge in [0.15, 0.2) is 6.73 Å². The Balaban J connectivity index is 1.83. The van der Waals surface area contributed by atoms with Crippen LogP contribution in [-0.2, 0) is 0 Å². The number of hydrogen-bond acceptors (Lipinski definition) is 2. The Morgan fingerprint density at radius 3 is 2.67 bits per heavy atom. The van der Waals surface area contributed by atoms with Crippen molar-refractivity contribution in [3.63, 3.8) is 0 Å². The van der Waals surface area contributed by atoms with E-state index in [9.17, 15) is 9.18 Å². The molecule has 0 fully saturated rings. The van der Waals surface area contributed by atoms with Crippen molar-refractivity contribution < 1.29 is 13.9 Å². The Morgan fingerprint density at radius 2 is 1.95 bits per heavy atom. The molecule has 0 spiro atoms. The molecule has 0 bridgehead atoms. The molecule has 0 radical (unpaired) electrons. The molecule has 0 saturated heterocycles. The van der Waals surface area contributed by atoms with Crippen LogP contribution in [0, 0.1) is 5.82 Å². The number of anilines is 1. The summed E-state index contributed by atoms with van der Waals surface area (Å²) in [5, 5.41) is 5.60. The Bertz CT molecular complexity index is 653. The quantitative estimate of drug-likeness (QED) is 0.822. The third-order valence-electron chi connectivity index (χ3n) is 2.48. The molecule has 2 aromatic rings. The van der Waals surface area contributed by atoms with E-state index >= 15 is 0 Å². The summed E-state index contributed by atoms with van der Waals surface area (Å²) in [6.45, 7) is -0.123. The van der Waals surface area contributed by atoms with Crippen LogP contribution in [0.3, 0.4) is 0 Å². The van der Waals surface area contributed by atoms with Gasteiger partial charge in [0.2, 0.25) is 0 Å². The molecular formula is C14H11Cl2FN2O2. The van der Waals surface area contributed by atoms with Gasteiger partial charge in [-0.1, -0.05) is 35.3 Å². The smallest absolute Gasteiger partial charge is 0.321 e. The van der Waals surface area contributed by atoms with Crippen molar-refractivity contribution in [2.24, 2.45) is 0 Å². The van der Waals surface area contributed by atoms with Crippen LogP contribution in [0.2, 0.25) is 10.0 Å². The van der Waals surface area contributed by atoms with E-state index in [4.69, 9.17) is 27.9 Å². The number of halogens is 3. The second-order valence-corrected chi connectivity index (χ2v) is 4.82. The van der Waals surface area contributed by atoms with Gasteiger partial charge in [0.1, 0.15) is 11.6 Å². The minimum absolute atomic E-state index is 0.0829. The van der Waals surface area contributed by atoms with E-state index < -0.39 is 11.8 Å². The van der Waals surface area contributed by atoms with Crippen molar-refractivity contribution in [3.05, 3.63) is 58.3 Å². The SMILES string of the molecule is O=C(NCOc1ccc(Cl)cc1Cl)Nc1ccccc1F. The van der Waals surface area contributed by atoms with Gasteiger partial charge < -0.3 is 15.4 Å². The van der Waals surface area contributed by atoms with Crippen molar-refractivity contribution in [2.45, 2.75) is 0 Å². The van der Waals surface area contributed by atoms with Crippen LogP contribution in [0.1, 0.15) is 0 Å². The Morgan fingerprint density at radius 1 is 1.19 bits per heavy atom. The molecule has 0 atom stereocenters. The number of urea groups is 1. The number of nitrogens with one attached hydrogen (secondary N) is 2. The third kappa shape index (κ3) is 4.51. The maximum atomic E-state index is 13.3. The fraction of sp³-hybridized carbons (Fsp3) is 0.0714. The fourth-order valence-electron chi connectivity index (χ4n) is 1.50. The van der Waals surface area contributed by atoms with Crippen LogP contribution in [-0.4, -0.2) is 12.8 Å². The highest BCUT2D eigenvalue weighted by molar-refractivity contribution is 6.35. The average Bonchev–Trinajstić information content (AvgIpc) is 2.44. The lowest BCUT2D eigenvalue weighted by Gasteiger charge is -2.10. The normalized spacial score (nSPS) is 10.0. The lowest BCUT2D eigenvalue weighted by Crippen LogP contribution is -2.32. The zero-order valence-electron chi connectivity index (χ0n) is 10.7. The zero-order valence-corrected chi connectivity index (χ0v) is 12.2. The minimum atomic E-state index is -0.592. The minimum Gasteiger partial charge on any atom is -0.472 e. The zero-order chi connectivity index (χ0) is 15.2. The molecule has 2 N–H and O–H groups in total. The van der Waals surface area contributed by atoms with Crippen molar-refractivity contribution in [3.8, 4) is 5.75 Å². The first kappa shape index (κ1) is 15.4. The number of rotatable bonds is 4. The van der Waals surface area contributed by atoms with Crippen LogP contribution in [0.25, 0.3) is 0 Å². The Hall–Kier alpha value is -1.98. The summed E-state index contributed by atoms with van der Waals surface area (Å²) >= 11 is 11.7. The van der Waals surface area contributed by atoms with Gasteiger partial charge in [-0.15, -0.1) is 0 Å². The first-order valence-electron chi connectivity index (χ1n) is 5.93. The molecular weight excluding hydrogens is 318 g/mol. The number of ether oxygens (including phenoxy) is 1. The first-order chi connectivity index (χ1) is 10.1. The van der Waals surface area contributed by atoms with Gasteiger partial charge in [0.25, 0.3) is 0 Å². The van der Waals surface area contributed by atoms with E-state index in [0.717, 1.165) is 0 Å². The molecule has 0 aromatic heterocycles. The number of carbonyl (C=O) groups is 1. The van der Waals surface area contributed by atoms with E-state index in [-0.39, 0.29) is 12.4 Å². The van der Waals surface area contributed by atoms with Crippen LogP contribution < -0.4 is 15.4 Å². The molecule has 0 aliphatic heterocycles. The van der Waals surface area contributed by atoms with Crippen LogP contribution in [0.4, 0.5) is 14.9 Å². The molecule has 0 unspecified atom stereocenters. The summed E-state index contributed by atoms with van der Waals surface area (Å²) in [6, 6.07) is 9.98. The molecule has 0 aliphatic carbocycles. The molecule has 0 saturated carbocycles. The monoisotopic (exact) mass is 328 g/mol. The van der Waals surface area contributed by atoms with Gasteiger partial charge in [-0.2, -0.15) is 0 Å². The Labute approximate surface area is 130 Å². The van der Waals surface area contributed by atoms with Gasteiger partial charge in [0.05, 0.1) is 10.7 Å². The predicted molar refractivity (Wildman–Crippen MR) is 80.5 cm³/mol. The summed E-state index contributed by atoms with van der Waals surface area (Å²) in [5.41, 5.74) is 0.0829.